The van der Waals surface area contributed by atoms with Crippen molar-refractivity contribution in [1.82, 2.24) is 15.0 Å². The van der Waals surface area contributed by atoms with Crippen LogP contribution in [0.25, 0.3) is 22.3 Å². The molecular weight excluding hydrogens is 346 g/mol. The van der Waals surface area contributed by atoms with Gasteiger partial charge in [0.2, 0.25) is 0 Å². The zero-order valence-corrected chi connectivity index (χ0v) is 13.9. The number of nitrogens with zero attached hydrogens (tertiary/aromatic N) is 4. The van der Waals surface area contributed by atoms with Gasteiger partial charge >= 0.3 is 5.69 Å². The number of phenolic OH excluding ortho intramolecular Hbond substituents is 1. The second-order valence-corrected chi connectivity index (χ2v) is 5.74. The Bertz CT molecular complexity index is 1150. The Hall–Kier alpha value is -4.07. The highest BCUT2D eigenvalue weighted by Gasteiger charge is 2.15. The molecule has 0 saturated heterocycles. The molecule has 8 heteroatoms. The summed E-state index contributed by atoms with van der Waals surface area (Å²) < 4.78 is 0. The predicted molar refractivity (Wildman–Crippen MR) is 101 cm³/mol. The number of aromatic nitrogens is 3. The lowest BCUT2D eigenvalue weighted by Gasteiger charge is -2.11. The summed E-state index contributed by atoms with van der Waals surface area (Å²) in [6, 6.07) is 15.2. The fraction of sp³-hybridized carbons (Fsp3) is 0. The first-order valence-electron chi connectivity index (χ1n) is 8.03. The van der Waals surface area contributed by atoms with Gasteiger partial charge in [-0.05, 0) is 36.4 Å². The highest BCUT2D eigenvalue weighted by molar-refractivity contribution is 5.92. The maximum Gasteiger partial charge on any atom is 0.312 e. The van der Waals surface area contributed by atoms with Crippen molar-refractivity contribution in [3.8, 4) is 17.1 Å². The predicted octanol–water partition coefficient (Wildman–Crippen LogP) is 4.05. The van der Waals surface area contributed by atoms with E-state index in [4.69, 9.17) is 0 Å². The smallest absolute Gasteiger partial charge is 0.312 e. The van der Waals surface area contributed by atoms with E-state index in [0.29, 0.717) is 17.3 Å². The number of hydrogen-bond donors (Lipinski definition) is 2. The van der Waals surface area contributed by atoms with Gasteiger partial charge in [0, 0.05) is 35.1 Å². The van der Waals surface area contributed by atoms with E-state index in [1.807, 2.05) is 30.3 Å². The highest BCUT2D eigenvalue weighted by atomic mass is 16.6. The number of anilines is 2. The minimum Gasteiger partial charge on any atom is -0.502 e. The third-order valence-corrected chi connectivity index (χ3v) is 3.96. The summed E-state index contributed by atoms with van der Waals surface area (Å²) in [6.07, 6.45) is 3.33. The van der Waals surface area contributed by atoms with E-state index in [2.05, 4.69) is 20.3 Å². The molecule has 27 heavy (non-hydrogen) atoms. The van der Waals surface area contributed by atoms with Gasteiger partial charge in [-0.3, -0.25) is 15.1 Å². The van der Waals surface area contributed by atoms with Crippen LogP contribution < -0.4 is 5.32 Å². The Morgan fingerprint density at radius 2 is 1.89 bits per heavy atom. The summed E-state index contributed by atoms with van der Waals surface area (Å²) in [7, 11) is 0. The molecule has 0 saturated carbocycles. The monoisotopic (exact) mass is 359 g/mol. The lowest BCUT2D eigenvalue weighted by Crippen LogP contribution is -2.00. The first-order valence-corrected chi connectivity index (χ1v) is 8.03. The number of benzene rings is 2. The number of hydrogen-bond acceptors (Lipinski definition) is 7. The number of fused-ring (bicyclic) bond motifs is 1. The topological polar surface area (TPSA) is 114 Å². The van der Waals surface area contributed by atoms with E-state index in [0.717, 1.165) is 16.5 Å². The van der Waals surface area contributed by atoms with Crippen LogP contribution in [0.2, 0.25) is 0 Å². The van der Waals surface area contributed by atoms with Crippen LogP contribution >= 0.6 is 0 Å². The standard InChI is InChI=1S/C19H13N5O3/c25-17-8-7-13(10-16(17)24(26)27)21-19-14-5-1-2-6-15(14)22-18(23-19)12-4-3-9-20-11-12/h1-11,25H,(H,21,22,23). The van der Waals surface area contributed by atoms with Crippen LogP contribution in [0.3, 0.4) is 0 Å². The van der Waals surface area contributed by atoms with Gasteiger partial charge in [-0.2, -0.15) is 0 Å². The van der Waals surface area contributed by atoms with Crippen molar-refractivity contribution in [1.29, 1.82) is 0 Å². The maximum atomic E-state index is 11.1. The zero-order valence-electron chi connectivity index (χ0n) is 13.9. The summed E-state index contributed by atoms with van der Waals surface area (Å²) >= 11 is 0. The molecule has 0 amide bonds. The molecule has 4 aromatic rings. The van der Waals surface area contributed by atoms with Crippen molar-refractivity contribution in [3.63, 3.8) is 0 Å². The lowest BCUT2D eigenvalue weighted by atomic mass is 10.2. The average Bonchev–Trinajstić information content (AvgIpc) is 2.70. The van der Waals surface area contributed by atoms with E-state index in [9.17, 15) is 15.2 Å². The van der Waals surface area contributed by atoms with Crippen molar-refractivity contribution >= 4 is 28.1 Å². The molecule has 132 valence electrons. The number of aromatic hydroxyl groups is 1. The van der Waals surface area contributed by atoms with Gasteiger partial charge in [0.15, 0.2) is 11.6 Å². The van der Waals surface area contributed by atoms with Crippen molar-refractivity contribution in [2.24, 2.45) is 0 Å². The van der Waals surface area contributed by atoms with Crippen molar-refractivity contribution < 1.29 is 10.0 Å². The van der Waals surface area contributed by atoms with Crippen LogP contribution in [0.5, 0.6) is 5.75 Å². The molecule has 2 aromatic carbocycles. The summed E-state index contributed by atoms with van der Waals surface area (Å²) in [4.78, 5) is 23.7. The van der Waals surface area contributed by atoms with Crippen molar-refractivity contribution in [3.05, 3.63) is 77.1 Å². The molecule has 0 atom stereocenters. The Morgan fingerprint density at radius 1 is 1.04 bits per heavy atom. The Morgan fingerprint density at radius 3 is 2.67 bits per heavy atom. The summed E-state index contributed by atoms with van der Waals surface area (Å²) in [6.45, 7) is 0. The minimum atomic E-state index is -0.639. The third-order valence-electron chi connectivity index (χ3n) is 3.96. The lowest BCUT2D eigenvalue weighted by molar-refractivity contribution is -0.385. The molecule has 2 aromatic heterocycles. The van der Waals surface area contributed by atoms with Gasteiger partial charge in [-0.1, -0.05) is 12.1 Å². The number of nitro groups is 1. The fourth-order valence-corrected chi connectivity index (χ4v) is 2.68. The van der Waals surface area contributed by atoms with E-state index < -0.39 is 10.7 Å². The van der Waals surface area contributed by atoms with E-state index in [-0.39, 0.29) is 5.69 Å². The number of para-hydroxylation sites is 1. The second kappa shape index (κ2) is 6.68. The van der Waals surface area contributed by atoms with Crippen LogP contribution in [-0.2, 0) is 0 Å². The molecule has 8 nitrogen and oxygen atoms in total. The molecule has 0 fully saturated rings. The van der Waals surface area contributed by atoms with Crippen LogP contribution in [0.4, 0.5) is 17.2 Å². The largest absolute Gasteiger partial charge is 0.502 e. The molecule has 0 radical (unpaired) electrons. The molecule has 0 aliphatic heterocycles. The van der Waals surface area contributed by atoms with Gasteiger partial charge in [0.1, 0.15) is 5.82 Å². The second-order valence-electron chi connectivity index (χ2n) is 5.74. The molecule has 4 rings (SSSR count). The van der Waals surface area contributed by atoms with E-state index in [1.54, 1.807) is 24.5 Å². The van der Waals surface area contributed by atoms with Crippen molar-refractivity contribution in [2.75, 3.05) is 5.32 Å². The third kappa shape index (κ3) is 3.23. The minimum absolute atomic E-state index is 0.383. The number of rotatable bonds is 4. The molecule has 2 heterocycles. The van der Waals surface area contributed by atoms with E-state index in [1.165, 1.54) is 12.1 Å². The summed E-state index contributed by atoms with van der Waals surface area (Å²) in [5.41, 5.74) is 1.52. The quantitative estimate of drug-likeness (QED) is 0.321. The SMILES string of the molecule is O=[N+]([O-])c1cc(Nc2nc(-c3cccnc3)nc3ccccc23)ccc1O. The van der Waals surface area contributed by atoms with E-state index >= 15 is 0 Å². The highest BCUT2D eigenvalue weighted by Crippen LogP contribution is 2.32. The Labute approximate surface area is 153 Å². The number of nitrogens with one attached hydrogen (secondary N) is 1. The molecule has 2 N–H and O–H groups in total. The molecule has 0 spiro atoms. The molecule has 0 bridgehead atoms. The van der Waals surface area contributed by atoms with Crippen molar-refractivity contribution in [2.45, 2.75) is 0 Å². The molecule has 0 aliphatic rings. The van der Waals surface area contributed by atoms with Gasteiger partial charge in [0.05, 0.1) is 10.4 Å². The number of phenols is 1. The van der Waals surface area contributed by atoms with Gasteiger partial charge in [0.25, 0.3) is 0 Å². The first kappa shape index (κ1) is 16.4. The average molecular weight is 359 g/mol. The van der Waals surface area contributed by atoms with Crippen LogP contribution in [0.15, 0.2) is 67.0 Å². The van der Waals surface area contributed by atoms with Crippen LogP contribution in [0, 0.1) is 10.1 Å². The number of pyridine rings is 1. The fourth-order valence-electron chi connectivity index (χ4n) is 2.68. The van der Waals surface area contributed by atoms with Gasteiger partial charge in [-0.15, -0.1) is 0 Å². The van der Waals surface area contributed by atoms with Gasteiger partial charge < -0.3 is 10.4 Å². The maximum absolute atomic E-state index is 11.1. The normalized spacial score (nSPS) is 10.7. The first-order chi connectivity index (χ1) is 13.1. The molecule has 0 unspecified atom stereocenters. The Balaban J connectivity index is 1.83. The Kier molecular flexibility index (Phi) is 4.06. The number of nitro benzene ring substituents is 1. The van der Waals surface area contributed by atoms with Crippen LogP contribution in [0.1, 0.15) is 0 Å². The van der Waals surface area contributed by atoms with Crippen LogP contribution in [-0.4, -0.2) is 25.0 Å². The zero-order chi connectivity index (χ0) is 18.8. The summed E-state index contributed by atoms with van der Waals surface area (Å²) in [5, 5.41) is 24.6. The summed E-state index contributed by atoms with van der Waals surface area (Å²) in [5.74, 6) is 0.589. The molecule has 0 aliphatic carbocycles. The molecular formula is C19H13N5O3. The van der Waals surface area contributed by atoms with Gasteiger partial charge in [-0.25, -0.2) is 9.97 Å².